The lowest BCUT2D eigenvalue weighted by Crippen LogP contribution is -2.45. The van der Waals surface area contributed by atoms with Gasteiger partial charge in [0.1, 0.15) is 5.92 Å². The van der Waals surface area contributed by atoms with Gasteiger partial charge in [-0.2, -0.15) is 0 Å². The molecule has 1 aromatic carbocycles. The Morgan fingerprint density at radius 3 is 2.70 bits per heavy atom. The lowest BCUT2D eigenvalue weighted by atomic mass is 10.1. The van der Waals surface area contributed by atoms with Crippen LogP contribution in [0, 0.1) is 19.8 Å². The number of likely N-dealkylation sites (tertiary alicyclic amines) is 1. The van der Waals surface area contributed by atoms with Crippen molar-refractivity contribution >= 4 is 17.5 Å². The molecular formula is C18H25N3O2. The molecule has 2 amide bonds. The highest BCUT2D eigenvalue weighted by Gasteiger charge is 2.42. The van der Waals surface area contributed by atoms with Crippen LogP contribution in [0.1, 0.15) is 30.4 Å². The molecule has 0 aliphatic carbocycles. The highest BCUT2D eigenvalue weighted by molar-refractivity contribution is 6.09. The van der Waals surface area contributed by atoms with E-state index < -0.39 is 5.92 Å². The molecule has 0 aromatic heterocycles. The molecule has 2 fully saturated rings. The number of hydrogen-bond acceptors (Lipinski definition) is 3. The van der Waals surface area contributed by atoms with Crippen molar-refractivity contribution < 1.29 is 9.59 Å². The summed E-state index contributed by atoms with van der Waals surface area (Å²) in [6.45, 7) is 5.91. The molecule has 1 aromatic rings. The number of anilines is 1. The van der Waals surface area contributed by atoms with Gasteiger partial charge < -0.3 is 15.5 Å². The molecule has 3 rings (SSSR count). The molecule has 2 atom stereocenters. The summed E-state index contributed by atoms with van der Waals surface area (Å²) in [4.78, 5) is 29.1. The van der Waals surface area contributed by atoms with Crippen LogP contribution >= 0.6 is 0 Å². The van der Waals surface area contributed by atoms with E-state index in [9.17, 15) is 9.59 Å². The van der Waals surface area contributed by atoms with Crippen molar-refractivity contribution in [2.75, 3.05) is 24.5 Å². The summed E-state index contributed by atoms with van der Waals surface area (Å²) >= 11 is 0. The summed E-state index contributed by atoms with van der Waals surface area (Å²) in [7, 11) is 0. The van der Waals surface area contributed by atoms with Crippen LogP contribution in [0.3, 0.4) is 0 Å². The van der Waals surface area contributed by atoms with Crippen molar-refractivity contribution in [3.63, 3.8) is 0 Å². The van der Waals surface area contributed by atoms with Crippen LogP contribution in [0.4, 0.5) is 5.69 Å². The summed E-state index contributed by atoms with van der Waals surface area (Å²) in [6, 6.07) is 6.12. The van der Waals surface area contributed by atoms with Crippen LogP contribution in [0.5, 0.6) is 0 Å². The van der Waals surface area contributed by atoms with Crippen LogP contribution in [-0.2, 0) is 9.59 Å². The average Bonchev–Trinajstić information content (AvgIpc) is 3.16. The third-order valence-corrected chi connectivity index (χ3v) is 5.24. The second-order valence-electron chi connectivity index (χ2n) is 6.66. The van der Waals surface area contributed by atoms with Crippen molar-refractivity contribution in [3.8, 4) is 0 Å². The summed E-state index contributed by atoms with van der Waals surface area (Å²) in [5.74, 6) is -0.640. The number of carbonyl (C=O) groups excluding carboxylic acids is 2. The Kier molecular flexibility index (Phi) is 4.39. The van der Waals surface area contributed by atoms with Crippen LogP contribution < -0.4 is 10.6 Å². The zero-order chi connectivity index (χ0) is 16.6. The van der Waals surface area contributed by atoms with Crippen LogP contribution in [0.2, 0.25) is 0 Å². The quantitative estimate of drug-likeness (QED) is 0.862. The summed E-state index contributed by atoms with van der Waals surface area (Å²) in [6.07, 6.45) is 2.53. The number of amides is 2. The third kappa shape index (κ3) is 2.85. The molecule has 2 heterocycles. The van der Waals surface area contributed by atoms with Gasteiger partial charge in [-0.3, -0.25) is 9.59 Å². The highest BCUT2D eigenvalue weighted by Crippen LogP contribution is 2.29. The first-order valence-corrected chi connectivity index (χ1v) is 8.42. The molecule has 124 valence electrons. The fourth-order valence-electron chi connectivity index (χ4n) is 3.63. The Morgan fingerprint density at radius 2 is 2.00 bits per heavy atom. The fourth-order valence-corrected chi connectivity index (χ4v) is 3.63. The summed E-state index contributed by atoms with van der Waals surface area (Å²) in [5.41, 5.74) is 9.01. The van der Waals surface area contributed by atoms with Crippen molar-refractivity contribution in [2.45, 2.75) is 39.2 Å². The van der Waals surface area contributed by atoms with Crippen LogP contribution in [0.15, 0.2) is 18.2 Å². The molecule has 2 aliphatic heterocycles. The maximum atomic E-state index is 12.7. The molecule has 2 saturated heterocycles. The summed E-state index contributed by atoms with van der Waals surface area (Å²) in [5, 5.41) is 0. The minimum absolute atomic E-state index is 0.0331. The van der Waals surface area contributed by atoms with Gasteiger partial charge in [0.25, 0.3) is 0 Å². The van der Waals surface area contributed by atoms with Crippen molar-refractivity contribution in [1.82, 2.24) is 4.90 Å². The van der Waals surface area contributed by atoms with Crippen LogP contribution in [0.25, 0.3) is 0 Å². The minimum atomic E-state index is -0.538. The average molecular weight is 315 g/mol. The monoisotopic (exact) mass is 315 g/mol. The number of nitrogens with zero attached hydrogens (tertiary/aromatic N) is 2. The molecule has 2 N–H and O–H groups in total. The van der Waals surface area contributed by atoms with E-state index in [1.54, 1.807) is 4.90 Å². The number of carbonyl (C=O) groups is 2. The molecule has 0 radical (unpaired) electrons. The lowest BCUT2D eigenvalue weighted by molar-refractivity contribution is -0.140. The molecule has 0 spiro atoms. The van der Waals surface area contributed by atoms with Gasteiger partial charge in [0, 0.05) is 31.4 Å². The number of nitrogens with two attached hydrogens (primary N) is 1. The minimum Gasteiger partial charge on any atom is -0.338 e. The predicted molar refractivity (Wildman–Crippen MR) is 90.2 cm³/mol. The number of benzene rings is 1. The van der Waals surface area contributed by atoms with E-state index in [4.69, 9.17) is 5.73 Å². The number of hydrogen-bond donors (Lipinski definition) is 1. The summed E-state index contributed by atoms with van der Waals surface area (Å²) < 4.78 is 0. The first-order chi connectivity index (χ1) is 11.0. The Hall–Kier alpha value is -1.88. The fraction of sp³-hybridized carbons (Fsp3) is 0.556. The molecule has 23 heavy (non-hydrogen) atoms. The maximum Gasteiger partial charge on any atom is 0.239 e. The third-order valence-electron chi connectivity index (χ3n) is 5.24. The maximum absolute atomic E-state index is 12.7. The Labute approximate surface area is 137 Å². The van der Waals surface area contributed by atoms with Crippen molar-refractivity contribution in [3.05, 3.63) is 29.3 Å². The van der Waals surface area contributed by atoms with E-state index in [-0.39, 0.29) is 17.9 Å². The van der Waals surface area contributed by atoms with Gasteiger partial charge >= 0.3 is 0 Å². The largest absolute Gasteiger partial charge is 0.338 e. The van der Waals surface area contributed by atoms with E-state index in [0.29, 0.717) is 19.5 Å². The molecule has 0 bridgehead atoms. The Morgan fingerprint density at radius 1 is 1.22 bits per heavy atom. The van der Waals surface area contributed by atoms with E-state index in [2.05, 4.69) is 6.92 Å². The lowest BCUT2D eigenvalue weighted by Gasteiger charge is -2.26. The first-order valence-electron chi connectivity index (χ1n) is 8.42. The van der Waals surface area contributed by atoms with E-state index in [1.165, 1.54) is 5.56 Å². The van der Waals surface area contributed by atoms with Gasteiger partial charge in [-0.1, -0.05) is 6.07 Å². The highest BCUT2D eigenvalue weighted by atomic mass is 16.2. The molecule has 0 saturated carbocycles. The smallest absolute Gasteiger partial charge is 0.239 e. The SMILES string of the molecule is Cc1ccc(N2CC[C@@H](C(=O)N3CCC[C@H]3CN)C2=O)cc1C. The zero-order valence-electron chi connectivity index (χ0n) is 13.9. The molecule has 2 aliphatic rings. The Balaban J connectivity index is 1.76. The molecular weight excluding hydrogens is 290 g/mol. The van der Waals surface area contributed by atoms with Crippen molar-refractivity contribution in [1.29, 1.82) is 0 Å². The van der Waals surface area contributed by atoms with E-state index in [1.807, 2.05) is 30.0 Å². The zero-order valence-corrected chi connectivity index (χ0v) is 13.9. The van der Waals surface area contributed by atoms with Gasteiger partial charge in [-0.25, -0.2) is 0 Å². The normalized spacial score (nSPS) is 24.6. The van der Waals surface area contributed by atoms with E-state index >= 15 is 0 Å². The van der Waals surface area contributed by atoms with Gasteiger partial charge in [-0.15, -0.1) is 0 Å². The number of rotatable bonds is 3. The van der Waals surface area contributed by atoms with Crippen LogP contribution in [-0.4, -0.2) is 42.4 Å². The molecule has 5 heteroatoms. The predicted octanol–water partition coefficient (Wildman–Crippen LogP) is 1.61. The molecule has 5 nitrogen and oxygen atoms in total. The number of aryl methyl sites for hydroxylation is 2. The van der Waals surface area contributed by atoms with Gasteiger partial charge in [0.05, 0.1) is 0 Å². The second kappa shape index (κ2) is 6.32. The van der Waals surface area contributed by atoms with Gasteiger partial charge in [0.2, 0.25) is 11.8 Å². The van der Waals surface area contributed by atoms with Gasteiger partial charge in [-0.05, 0) is 56.4 Å². The molecule has 0 unspecified atom stereocenters. The van der Waals surface area contributed by atoms with E-state index in [0.717, 1.165) is 30.6 Å². The van der Waals surface area contributed by atoms with Crippen molar-refractivity contribution in [2.24, 2.45) is 11.7 Å². The topological polar surface area (TPSA) is 66.6 Å². The standard InChI is InChI=1S/C18H25N3O2/c1-12-5-6-14(10-13(12)2)21-9-7-16(18(21)23)17(22)20-8-3-4-15(20)11-19/h5-6,10,15-16H,3-4,7-9,11,19H2,1-2H3/t15-,16-/m0/s1. The second-order valence-corrected chi connectivity index (χ2v) is 6.66. The van der Waals surface area contributed by atoms with Gasteiger partial charge in [0.15, 0.2) is 0 Å². The Bertz CT molecular complexity index is 629. The first kappa shape index (κ1) is 16.0.